The number of hydrogen-bond acceptors (Lipinski definition) is 5. The maximum absolute atomic E-state index is 5.73. The van der Waals surface area contributed by atoms with Crippen LogP contribution in [0.2, 0.25) is 0 Å². The van der Waals surface area contributed by atoms with Crippen molar-refractivity contribution in [1.29, 1.82) is 0 Å². The Balaban J connectivity index is 1.65. The Labute approximate surface area is 193 Å². The monoisotopic (exact) mass is 437 g/mol. The number of fused-ring (bicyclic) bond motifs is 4. The normalized spacial score (nSPS) is 23.4. The smallest absolute Gasteiger partial charge is 0.143 e. The molecule has 0 spiro atoms. The zero-order valence-electron chi connectivity index (χ0n) is 19.2. The van der Waals surface area contributed by atoms with Gasteiger partial charge in [-0.1, -0.05) is 54.5 Å². The van der Waals surface area contributed by atoms with Crippen molar-refractivity contribution in [2.75, 3.05) is 7.11 Å². The van der Waals surface area contributed by atoms with E-state index < -0.39 is 0 Å². The van der Waals surface area contributed by atoms with Gasteiger partial charge in [0.1, 0.15) is 17.3 Å². The van der Waals surface area contributed by atoms with Gasteiger partial charge in [-0.15, -0.1) is 0 Å². The van der Waals surface area contributed by atoms with Crippen LogP contribution in [0.3, 0.4) is 0 Å². The van der Waals surface area contributed by atoms with Crippen molar-refractivity contribution < 1.29 is 9.26 Å². The standard InChI is InChI=1S/C28H27N3O2/c1-17-24-13-12-23-25(19-8-7-11-22(14-19)32-3)30-18(2)31-27(23)28(24,21-9-5-4-6-10-21)15-20-16-29-33-26(17)20/h4-11,14,16-17,24H,12-13,15H2,1-3H3/t17-,24-,28+/m0/s1. The molecule has 3 atom stereocenters. The van der Waals surface area contributed by atoms with E-state index in [0.717, 1.165) is 53.5 Å². The maximum Gasteiger partial charge on any atom is 0.143 e. The first-order valence-corrected chi connectivity index (χ1v) is 11.6. The molecule has 5 heteroatoms. The lowest BCUT2D eigenvalue weighted by molar-refractivity contribution is 0.188. The minimum absolute atomic E-state index is 0.242. The van der Waals surface area contributed by atoms with Gasteiger partial charge in [-0.25, -0.2) is 9.97 Å². The molecular formula is C28H27N3O2. The van der Waals surface area contributed by atoms with Crippen LogP contribution in [0.5, 0.6) is 5.75 Å². The maximum atomic E-state index is 5.73. The molecule has 33 heavy (non-hydrogen) atoms. The molecule has 2 aliphatic carbocycles. The van der Waals surface area contributed by atoms with Crippen LogP contribution in [0.25, 0.3) is 11.3 Å². The third-order valence-corrected chi connectivity index (χ3v) is 7.67. The molecule has 0 radical (unpaired) electrons. The summed E-state index contributed by atoms with van der Waals surface area (Å²) in [5.74, 6) is 3.31. The minimum atomic E-state index is -0.242. The molecule has 6 rings (SSSR count). The Morgan fingerprint density at radius 1 is 1.06 bits per heavy atom. The molecule has 0 unspecified atom stereocenters. The number of methoxy groups -OCH3 is 1. The fraction of sp³-hybridized carbons (Fsp3) is 0.321. The van der Waals surface area contributed by atoms with Gasteiger partial charge in [0.25, 0.3) is 0 Å². The Morgan fingerprint density at radius 2 is 1.91 bits per heavy atom. The van der Waals surface area contributed by atoms with Gasteiger partial charge in [0.05, 0.1) is 24.7 Å². The van der Waals surface area contributed by atoms with Crippen molar-refractivity contribution in [3.05, 3.63) is 94.8 Å². The first kappa shape index (κ1) is 20.2. The van der Waals surface area contributed by atoms with E-state index in [-0.39, 0.29) is 11.3 Å². The molecular weight excluding hydrogens is 410 g/mol. The number of nitrogens with zero attached hydrogens (tertiary/aromatic N) is 3. The Bertz CT molecular complexity index is 1330. The number of hydrogen-bond donors (Lipinski definition) is 0. The van der Waals surface area contributed by atoms with Gasteiger partial charge in [0.2, 0.25) is 0 Å². The molecule has 0 amide bonds. The summed E-state index contributed by atoms with van der Waals surface area (Å²) in [7, 11) is 1.70. The fourth-order valence-electron chi connectivity index (χ4n) is 6.27. The van der Waals surface area contributed by atoms with Crippen molar-refractivity contribution in [1.82, 2.24) is 15.1 Å². The molecule has 0 saturated carbocycles. The lowest BCUT2D eigenvalue weighted by Crippen LogP contribution is -2.48. The first-order chi connectivity index (χ1) is 16.1. The van der Waals surface area contributed by atoms with E-state index >= 15 is 0 Å². The van der Waals surface area contributed by atoms with Crippen LogP contribution < -0.4 is 4.74 Å². The van der Waals surface area contributed by atoms with Crippen molar-refractivity contribution in [3.8, 4) is 17.0 Å². The van der Waals surface area contributed by atoms with Gasteiger partial charge < -0.3 is 9.26 Å². The van der Waals surface area contributed by atoms with Crippen LogP contribution in [-0.4, -0.2) is 22.2 Å². The van der Waals surface area contributed by atoms with Crippen molar-refractivity contribution in [3.63, 3.8) is 0 Å². The lowest BCUT2D eigenvalue weighted by atomic mass is 9.53. The van der Waals surface area contributed by atoms with Gasteiger partial charge in [0, 0.05) is 28.0 Å². The molecule has 2 aromatic carbocycles. The average molecular weight is 438 g/mol. The van der Waals surface area contributed by atoms with Crippen LogP contribution in [0.4, 0.5) is 0 Å². The summed E-state index contributed by atoms with van der Waals surface area (Å²) in [6.07, 6.45) is 4.73. The SMILES string of the molecule is COc1cccc(-c2nc(C)nc3c2CC[C@H]2[C@H](C)c4oncc4C[C@]32c2ccccc2)c1. The topological polar surface area (TPSA) is 61.0 Å². The van der Waals surface area contributed by atoms with E-state index in [1.165, 1.54) is 16.7 Å². The molecule has 0 fully saturated rings. The van der Waals surface area contributed by atoms with E-state index in [2.05, 4.69) is 54.5 Å². The second kappa shape index (κ2) is 7.55. The zero-order valence-corrected chi connectivity index (χ0v) is 19.2. The first-order valence-electron chi connectivity index (χ1n) is 11.6. The summed E-state index contributed by atoms with van der Waals surface area (Å²) in [4.78, 5) is 10.1. The Morgan fingerprint density at radius 3 is 2.73 bits per heavy atom. The third-order valence-electron chi connectivity index (χ3n) is 7.67. The molecule has 5 nitrogen and oxygen atoms in total. The minimum Gasteiger partial charge on any atom is -0.497 e. The van der Waals surface area contributed by atoms with Crippen molar-refractivity contribution >= 4 is 0 Å². The number of ether oxygens (including phenoxy) is 1. The number of aryl methyl sites for hydroxylation is 1. The van der Waals surface area contributed by atoms with E-state index in [9.17, 15) is 0 Å². The highest BCUT2D eigenvalue weighted by Crippen LogP contribution is 2.57. The molecule has 2 aromatic heterocycles. The fourth-order valence-corrected chi connectivity index (χ4v) is 6.27. The van der Waals surface area contributed by atoms with E-state index in [1.54, 1.807) is 7.11 Å². The van der Waals surface area contributed by atoms with Gasteiger partial charge in [0.15, 0.2) is 0 Å². The molecule has 0 saturated heterocycles. The molecule has 0 aliphatic heterocycles. The van der Waals surface area contributed by atoms with Gasteiger partial charge >= 0.3 is 0 Å². The van der Waals surface area contributed by atoms with Crippen LogP contribution in [0.1, 0.15) is 53.2 Å². The zero-order chi connectivity index (χ0) is 22.6. The number of rotatable bonds is 3. The summed E-state index contributed by atoms with van der Waals surface area (Å²) in [5, 5.41) is 4.17. The molecule has 0 N–H and O–H groups in total. The molecule has 4 aromatic rings. The Kier molecular flexibility index (Phi) is 4.61. The van der Waals surface area contributed by atoms with Crippen LogP contribution >= 0.6 is 0 Å². The molecule has 0 bridgehead atoms. The predicted octanol–water partition coefficient (Wildman–Crippen LogP) is 5.66. The van der Waals surface area contributed by atoms with Crippen LogP contribution in [-0.2, 0) is 18.3 Å². The summed E-state index contributed by atoms with van der Waals surface area (Å²) in [5.41, 5.74) is 6.77. The van der Waals surface area contributed by atoms with Crippen LogP contribution in [0, 0.1) is 12.8 Å². The Hall–Kier alpha value is -3.47. The van der Waals surface area contributed by atoms with E-state index in [4.69, 9.17) is 19.2 Å². The van der Waals surface area contributed by atoms with Gasteiger partial charge in [-0.2, -0.15) is 0 Å². The van der Waals surface area contributed by atoms with Gasteiger partial charge in [-0.05, 0) is 49.8 Å². The van der Waals surface area contributed by atoms with Gasteiger partial charge in [-0.3, -0.25) is 0 Å². The predicted molar refractivity (Wildman–Crippen MR) is 126 cm³/mol. The lowest BCUT2D eigenvalue weighted by Gasteiger charge is -2.50. The number of benzene rings is 2. The van der Waals surface area contributed by atoms with Crippen molar-refractivity contribution in [2.45, 2.75) is 44.4 Å². The molecule has 166 valence electrons. The van der Waals surface area contributed by atoms with Crippen LogP contribution in [0.15, 0.2) is 65.3 Å². The summed E-state index contributed by atoms with van der Waals surface area (Å²) >= 11 is 0. The highest BCUT2D eigenvalue weighted by atomic mass is 16.5. The largest absolute Gasteiger partial charge is 0.497 e. The van der Waals surface area contributed by atoms with E-state index in [0.29, 0.717) is 5.92 Å². The average Bonchev–Trinajstić information content (AvgIpc) is 3.33. The molecule has 2 aliphatic rings. The quantitative estimate of drug-likeness (QED) is 0.414. The second-order valence-electron chi connectivity index (χ2n) is 9.34. The highest BCUT2D eigenvalue weighted by Gasteiger charge is 2.54. The number of aromatic nitrogens is 3. The summed E-state index contributed by atoms with van der Waals surface area (Å²) < 4.78 is 11.2. The highest BCUT2D eigenvalue weighted by molar-refractivity contribution is 5.68. The molecule has 2 heterocycles. The third kappa shape index (κ3) is 2.95. The summed E-state index contributed by atoms with van der Waals surface area (Å²) in [6.45, 7) is 4.29. The van der Waals surface area contributed by atoms with Crippen molar-refractivity contribution in [2.24, 2.45) is 5.92 Å². The second-order valence-corrected chi connectivity index (χ2v) is 9.34. The summed E-state index contributed by atoms with van der Waals surface area (Å²) in [6, 6.07) is 19.1. The van der Waals surface area contributed by atoms with E-state index in [1.807, 2.05) is 25.3 Å².